The summed E-state index contributed by atoms with van der Waals surface area (Å²) in [7, 11) is 3.67. The molecule has 0 aliphatic carbocycles. The van der Waals surface area contributed by atoms with Crippen molar-refractivity contribution in [1.82, 2.24) is 10.2 Å². The first kappa shape index (κ1) is 14.5. The average molecular weight is 240 g/mol. The van der Waals surface area contributed by atoms with Crippen LogP contribution in [0.15, 0.2) is 0 Å². The lowest BCUT2D eigenvalue weighted by molar-refractivity contribution is -0.131. The van der Waals surface area contributed by atoms with Crippen LogP contribution in [0.5, 0.6) is 0 Å². The Kier molecular flexibility index (Phi) is 4.99. The summed E-state index contributed by atoms with van der Waals surface area (Å²) >= 11 is 0. The van der Waals surface area contributed by atoms with E-state index >= 15 is 0 Å². The first-order valence-corrected chi connectivity index (χ1v) is 6.74. The minimum absolute atomic E-state index is 0.0451. The maximum atomic E-state index is 11.9. The van der Waals surface area contributed by atoms with E-state index in [1.54, 1.807) is 4.90 Å². The third-order valence-electron chi connectivity index (χ3n) is 3.55. The predicted molar refractivity (Wildman–Crippen MR) is 71.9 cm³/mol. The molecule has 1 rings (SSSR count). The predicted octanol–water partition coefficient (Wildman–Crippen LogP) is 2.27. The standard InChI is InChI=1S/C14H28N2O/c1-14(2,3)8-6-11-7-9-15-12(10-11)13(17)16(4)5/h11-12,15H,6-10H2,1-5H3. The molecular weight excluding hydrogens is 212 g/mol. The Bertz CT molecular complexity index is 255. The van der Waals surface area contributed by atoms with Crippen LogP contribution in [-0.2, 0) is 4.79 Å². The lowest BCUT2D eigenvalue weighted by atomic mass is 9.82. The smallest absolute Gasteiger partial charge is 0.239 e. The molecule has 0 radical (unpaired) electrons. The highest BCUT2D eigenvalue weighted by Crippen LogP contribution is 2.28. The summed E-state index contributed by atoms with van der Waals surface area (Å²) < 4.78 is 0. The van der Waals surface area contributed by atoms with Crippen LogP contribution in [0, 0.1) is 11.3 Å². The van der Waals surface area contributed by atoms with Crippen molar-refractivity contribution in [3.63, 3.8) is 0 Å². The normalized spacial score (nSPS) is 25.7. The van der Waals surface area contributed by atoms with E-state index in [1.165, 1.54) is 19.3 Å². The number of nitrogens with one attached hydrogen (secondary N) is 1. The Morgan fingerprint density at radius 3 is 2.53 bits per heavy atom. The molecule has 2 unspecified atom stereocenters. The lowest BCUT2D eigenvalue weighted by Gasteiger charge is -2.32. The Morgan fingerprint density at radius 2 is 2.00 bits per heavy atom. The van der Waals surface area contributed by atoms with Crippen LogP contribution in [0.25, 0.3) is 0 Å². The fourth-order valence-electron chi connectivity index (χ4n) is 2.40. The topological polar surface area (TPSA) is 32.3 Å². The van der Waals surface area contributed by atoms with Crippen LogP contribution >= 0.6 is 0 Å². The molecule has 0 spiro atoms. The van der Waals surface area contributed by atoms with Crippen molar-refractivity contribution in [3.05, 3.63) is 0 Å². The minimum Gasteiger partial charge on any atom is -0.347 e. The zero-order chi connectivity index (χ0) is 13.1. The summed E-state index contributed by atoms with van der Waals surface area (Å²) in [6.07, 6.45) is 4.73. The maximum absolute atomic E-state index is 11.9. The quantitative estimate of drug-likeness (QED) is 0.821. The molecule has 1 amide bonds. The largest absolute Gasteiger partial charge is 0.347 e. The SMILES string of the molecule is CN(C)C(=O)C1CC(CCC(C)(C)C)CCN1. The van der Waals surface area contributed by atoms with Gasteiger partial charge in [-0.3, -0.25) is 4.79 Å². The van der Waals surface area contributed by atoms with Gasteiger partial charge in [-0.05, 0) is 43.6 Å². The first-order valence-electron chi connectivity index (χ1n) is 6.74. The molecular formula is C14H28N2O. The van der Waals surface area contributed by atoms with Gasteiger partial charge in [-0.25, -0.2) is 0 Å². The van der Waals surface area contributed by atoms with Gasteiger partial charge in [0.15, 0.2) is 0 Å². The van der Waals surface area contributed by atoms with E-state index in [-0.39, 0.29) is 11.9 Å². The van der Waals surface area contributed by atoms with E-state index in [2.05, 4.69) is 26.1 Å². The van der Waals surface area contributed by atoms with Crippen LogP contribution in [-0.4, -0.2) is 37.5 Å². The van der Waals surface area contributed by atoms with Gasteiger partial charge in [0.05, 0.1) is 6.04 Å². The fourth-order valence-corrected chi connectivity index (χ4v) is 2.40. The van der Waals surface area contributed by atoms with Gasteiger partial charge in [-0.1, -0.05) is 20.8 Å². The molecule has 3 heteroatoms. The molecule has 1 N–H and O–H groups in total. The second-order valence-electron chi connectivity index (χ2n) is 6.73. The van der Waals surface area contributed by atoms with Crippen molar-refractivity contribution in [1.29, 1.82) is 0 Å². The van der Waals surface area contributed by atoms with E-state index in [0.29, 0.717) is 11.3 Å². The summed E-state index contributed by atoms with van der Waals surface area (Å²) in [5.41, 5.74) is 0.409. The van der Waals surface area contributed by atoms with E-state index in [9.17, 15) is 4.79 Å². The molecule has 0 saturated carbocycles. The van der Waals surface area contributed by atoms with Crippen molar-refractivity contribution < 1.29 is 4.79 Å². The molecule has 17 heavy (non-hydrogen) atoms. The van der Waals surface area contributed by atoms with Crippen molar-refractivity contribution in [2.45, 2.75) is 52.5 Å². The molecule has 1 aliphatic rings. The van der Waals surface area contributed by atoms with Crippen LogP contribution < -0.4 is 5.32 Å². The van der Waals surface area contributed by atoms with Gasteiger partial charge in [0, 0.05) is 14.1 Å². The molecule has 100 valence electrons. The molecule has 1 aliphatic heterocycles. The first-order chi connectivity index (χ1) is 7.79. The third-order valence-corrected chi connectivity index (χ3v) is 3.55. The molecule has 0 aromatic heterocycles. The summed E-state index contributed by atoms with van der Waals surface area (Å²) in [4.78, 5) is 13.6. The number of rotatable bonds is 3. The zero-order valence-electron chi connectivity index (χ0n) is 12.0. The van der Waals surface area contributed by atoms with Gasteiger partial charge >= 0.3 is 0 Å². The van der Waals surface area contributed by atoms with Crippen LogP contribution in [0.2, 0.25) is 0 Å². The molecule has 0 aromatic carbocycles. The summed E-state index contributed by atoms with van der Waals surface area (Å²) in [5.74, 6) is 0.940. The average Bonchev–Trinajstić information content (AvgIpc) is 2.24. The number of nitrogens with zero attached hydrogens (tertiary/aromatic N) is 1. The van der Waals surface area contributed by atoms with Crippen molar-refractivity contribution in [2.75, 3.05) is 20.6 Å². The van der Waals surface area contributed by atoms with E-state index in [1.807, 2.05) is 14.1 Å². The molecule has 2 atom stereocenters. The van der Waals surface area contributed by atoms with E-state index in [0.717, 1.165) is 13.0 Å². The van der Waals surface area contributed by atoms with Gasteiger partial charge in [-0.15, -0.1) is 0 Å². The van der Waals surface area contributed by atoms with Gasteiger partial charge in [0.1, 0.15) is 0 Å². The molecule has 0 aromatic rings. The molecule has 1 heterocycles. The molecule has 1 saturated heterocycles. The number of likely N-dealkylation sites (N-methyl/N-ethyl adjacent to an activating group) is 1. The second-order valence-corrected chi connectivity index (χ2v) is 6.73. The van der Waals surface area contributed by atoms with Crippen molar-refractivity contribution >= 4 is 5.91 Å². The number of amides is 1. The highest BCUT2D eigenvalue weighted by molar-refractivity contribution is 5.81. The molecule has 0 bridgehead atoms. The van der Waals surface area contributed by atoms with Gasteiger partial charge in [-0.2, -0.15) is 0 Å². The van der Waals surface area contributed by atoms with Crippen LogP contribution in [0.4, 0.5) is 0 Å². The number of carbonyl (C=O) groups excluding carboxylic acids is 1. The number of piperidine rings is 1. The van der Waals surface area contributed by atoms with Gasteiger partial charge in [0.25, 0.3) is 0 Å². The Hall–Kier alpha value is -0.570. The monoisotopic (exact) mass is 240 g/mol. The van der Waals surface area contributed by atoms with Crippen molar-refractivity contribution in [2.24, 2.45) is 11.3 Å². The summed E-state index contributed by atoms with van der Waals surface area (Å²) in [5, 5.41) is 3.34. The molecule has 3 nitrogen and oxygen atoms in total. The van der Waals surface area contributed by atoms with E-state index in [4.69, 9.17) is 0 Å². The Labute approximate surface area is 106 Å². The van der Waals surface area contributed by atoms with E-state index < -0.39 is 0 Å². The molecule has 1 fully saturated rings. The summed E-state index contributed by atoms with van der Waals surface area (Å²) in [6.45, 7) is 7.85. The number of hydrogen-bond acceptors (Lipinski definition) is 2. The highest BCUT2D eigenvalue weighted by atomic mass is 16.2. The fraction of sp³-hybridized carbons (Fsp3) is 0.929. The van der Waals surface area contributed by atoms with Gasteiger partial charge < -0.3 is 10.2 Å². The van der Waals surface area contributed by atoms with Gasteiger partial charge in [0.2, 0.25) is 5.91 Å². The number of carbonyl (C=O) groups is 1. The summed E-state index contributed by atoms with van der Waals surface area (Å²) in [6, 6.07) is 0.0451. The number of hydrogen-bond donors (Lipinski definition) is 1. The second kappa shape index (κ2) is 5.85. The Morgan fingerprint density at radius 1 is 1.35 bits per heavy atom. The third kappa shape index (κ3) is 5.07. The Balaban J connectivity index is 2.41. The maximum Gasteiger partial charge on any atom is 0.239 e. The lowest BCUT2D eigenvalue weighted by Crippen LogP contribution is -2.48. The zero-order valence-corrected chi connectivity index (χ0v) is 12.0. The van der Waals surface area contributed by atoms with Crippen LogP contribution in [0.3, 0.4) is 0 Å². The van der Waals surface area contributed by atoms with Crippen molar-refractivity contribution in [3.8, 4) is 0 Å². The highest BCUT2D eigenvalue weighted by Gasteiger charge is 2.28. The minimum atomic E-state index is 0.0451. The van der Waals surface area contributed by atoms with Crippen LogP contribution in [0.1, 0.15) is 46.5 Å².